The molecule has 0 aliphatic heterocycles. The fraction of sp³-hybridized carbons (Fsp3) is 0.667. The van der Waals surface area contributed by atoms with E-state index in [0.29, 0.717) is 0 Å². The van der Waals surface area contributed by atoms with Crippen molar-refractivity contribution in [3.05, 3.63) is 12.7 Å². The van der Waals surface area contributed by atoms with Crippen LogP contribution in [0.2, 0.25) is 0 Å². The summed E-state index contributed by atoms with van der Waals surface area (Å²) in [6.45, 7) is 12.9. The van der Waals surface area contributed by atoms with Crippen LogP contribution in [0, 0.1) is 5.41 Å². The molecule has 2 nitrogen and oxygen atoms in total. The van der Waals surface area contributed by atoms with Crippen molar-refractivity contribution in [2.24, 2.45) is 10.5 Å². The predicted molar refractivity (Wildman–Crippen MR) is 50.8 cm³/mol. The maximum Gasteiger partial charge on any atom is 0.0650 e. The lowest BCUT2D eigenvalue weighted by Crippen LogP contribution is -2.21. The lowest BCUT2D eigenvalue weighted by molar-refractivity contribution is 0.583. The van der Waals surface area contributed by atoms with Gasteiger partial charge in [0.2, 0.25) is 0 Å². The first-order valence-corrected chi connectivity index (χ1v) is 3.95. The Bertz CT molecular complexity index is 151. The highest BCUT2D eigenvalue weighted by atomic mass is 15.3. The zero-order valence-electron chi connectivity index (χ0n) is 7.94. The minimum atomic E-state index is 0.0872. The lowest BCUT2D eigenvalue weighted by atomic mass is 9.90. The molecule has 1 N–H and O–H groups in total. The summed E-state index contributed by atoms with van der Waals surface area (Å²) in [7, 11) is 0. The van der Waals surface area contributed by atoms with Gasteiger partial charge >= 0.3 is 0 Å². The van der Waals surface area contributed by atoms with Gasteiger partial charge in [0.05, 0.1) is 5.71 Å². The molecule has 0 aromatic rings. The average molecular weight is 154 g/mol. The number of hydrogen-bond donors (Lipinski definition) is 1. The molecule has 0 bridgehead atoms. The molecule has 0 aromatic heterocycles. The van der Waals surface area contributed by atoms with Crippen LogP contribution < -0.4 is 5.43 Å². The molecular formula is C9H18N2. The van der Waals surface area contributed by atoms with Crippen LogP contribution in [0.15, 0.2) is 17.8 Å². The molecule has 2 heteroatoms. The second kappa shape index (κ2) is 4.16. The standard InChI is InChI=1S/C9H18N2/c1-6-8(9(3,4)5)11-10-7-2/h6,10H,1,7H2,2-5H3/b11-8+. The Morgan fingerprint density at radius 2 is 2.09 bits per heavy atom. The Morgan fingerprint density at radius 1 is 1.55 bits per heavy atom. The topological polar surface area (TPSA) is 24.4 Å². The normalized spacial score (nSPS) is 12.9. The molecule has 0 saturated carbocycles. The van der Waals surface area contributed by atoms with Crippen molar-refractivity contribution in [2.45, 2.75) is 27.7 Å². The van der Waals surface area contributed by atoms with Gasteiger partial charge in [0.15, 0.2) is 0 Å². The Kier molecular flexibility index (Phi) is 3.86. The molecule has 11 heavy (non-hydrogen) atoms. The number of hydrogen-bond acceptors (Lipinski definition) is 2. The Labute approximate surface area is 69.4 Å². The smallest absolute Gasteiger partial charge is 0.0650 e. The van der Waals surface area contributed by atoms with E-state index in [1.54, 1.807) is 6.08 Å². The molecule has 0 amide bonds. The summed E-state index contributed by atoms with van der Waals surface area (Å²) in [5.41, 5.74) is 4.01. The number of nitrogens with one attached hydrogen (secondary N) is 1. The summed E-state index contributed by atoms with van der Waals surface area (Å²) in [6.07, 6.45) is 1.79. The van der Waals surface area contributed by atoms with E-state index in [1.807, 2.05) is 6.92 Å². The van der Waals surface area contributed by atoms with Crippen LogP contribution in [-0.2, 0) is 0 Å². The number of hydrazone groups is 1. The predicted octanol–water partition coefficient (Wildman–Crippen LogP) is 2.18. The van der Waals surface area contributed by atoms with Crippen molar-refractivity contribution in [2.75, 3.05) is 6.54 Å². The second-order valence-corrected chi connectivity index (χ2v) is 3.46. The van der Waals surface area contributed by atoms with Crippen LogP contribution in [-0.4, -0.2) is 12.3 Å². The van der Waals surface area contributed by atoms with Gasteiger partial charge in [0.1, 0.15) is 0 Å². The zero-order valence-corrected chi connectivity index (χ0v) is 7.94. The molecule has 0 aliphatic rings. The van der Waals surface area contributed by atoms with Gasteiger partial charge in [-0.3, -0.25) is 0 Å². The number of rotatable bonds is 3. The van der Waals surface area contributed by atoms with Crippen LogP contribution in [0.4, 0.5) is 0 Å². The summed E-state index contributed by atoms with van der Waals surface area (Å²) < 4.78 is 0. The summed E-state index contributed by atoms with van der Waals surface area (Å²) in [5, 5.41) is 4.18. The molecule has 64 valence electrons. The Hall–Kier alpha value is -0.790. The Morgan fingerprint density at radius 3 is 2.36 bits per heavy atom. The van der Waals surface area contributed by atoms with Crippen molar-refractivity contribution in [1.82, 2.24) is 5.43 Å². The van der Waals surface area contributed by atoms with Crippen molar-refractivity contribution < 1.29 is 0 Å². The first-order valence-electron chi connectivity index (χ1n) is 3.95. The molecule has 0 rings (SSSR count). The van der Waals surface area contributed by atoms with Crippen molar-refractivity contribution in [1.29, 1.82) is 0 Å². The molecule has 0 atom stereocenters. The third kappa shape index (κ3) is 3.81. The average Bonchev–Trinajstić information content (AvgIpc) is 1.87. The molecule has 0 unspecified atom stereocenters. The summed E-state index contributed by atoms with van der Waals surface area (Å²) in [6, 6.07) is 0. The quantitative estimate of drug-likeness (QED) is 0.489. The largest absolute Gasteiger partial charge is 0.310 e. The van der Waals surface area contributed by atoms with Crippen molar-refractivity contribution in [3.63, 3.8) is 0 Å². The highest BCUT2D eigenvalue weighted by Crippen LogP contribution is 2.15. The van der Waals surface area contributed by atoms with E-state index in [2.05, 4.69) is 37.9 Å². The minimum Gasteiger partial charge on any atom is -0.310 e. The monoisotopic (exact) mass is 154 g/mol. The summed E-state index contributed by atoms with van der Waals surface area (Å²) in [5.74, 6) is 0. The minimum absolute atomic E-state index is 0.0872. The fourth-order valence-electron chi connectivity index (χ4n) is 0.684. The van der Waals surface area contributed by atoms with E-state index < -0.39 is 0 Å². The molecule has 0 fully saturated rings. The zero-order chi connectivity index (χ0) is 8.91. The fourth-order valence-corrected chi connectivity index (χ4v) is 0.684. The Balaban J connectivity index is 4.27. The molecule has 0 radical (unpaired) electrons. The lowest BCUT2D eigenvalue weighted by Gasteiger charge is -2.17. The van der Waals surface area contributed by atoms with Crippen LogP contribution in [0.25, 0.3) is 0 Å². The summed E-state index contributed by atoms with van der Waals surface area (Å²) >= 11 is 0. The van der Waals surface area contributed by atoms with Crippen LogP contribution in [0.3, 0.4) is 0 Å². The van der Waals surface area contributed by atoms with Gasteiger partial charge in [-0.05, 0) is 13.0 Å². The van der Waals surface area contributed by atoms with Gasteiger partial charge in [0.25, 0.3) is 0 Å². The van der Waals surface area contributed by atoms with E-state index >= 15 is 0 Å². The van der Waals surface area contributed by atoms with E-state index in [-0.39, 0.29) is 5.41 Å². The van der Waals surface area contributed by atoms with Gasteiger partial charge in [-0.15, -0.1) is 0 Å². The van der Waals surface area contributed by atoms with Crippen LogP contribution in [0.5, 0.6) is 0 Å². The van der Waals surface area contributed by atoms with Gasteiger partial charge < -0.3 is 5.43 Å². The van der Waals surface area contributed by atoms with E-state index in [0.717, 1.165) is 12.3 Å². The van der Waals surface area contributed by atoms with Gasteiger partial charge in [-0.1, -0.05) is 27.4 Å². The van der Waals surface area contributed by atoms with Gasteiger partial charge in [-0.25, -0.2) is 0 Å². The highest BCUT2D eigenvalue weighted by Gasteiger charge is 2.15. The molecule has 0 saturated heterocycles. The molecule has 0 heterocycles. The highest BCUT2D eigenvalue weighted by molar-refractivity contribution is 5.98. The molecule has 0 aliphatic carbocycles. The number of nitrogens with zero attached hydrogens (tertiary/aromatic N) is 1. The molecular weight excluding hydrogens is 136 g/mol. The summed E-state index contributed by atoms with van der Waals surface area (Å²) in [4.78, 5) is 0. The third-order valence-corrected chi connectivity index (χ3v) is 1.32. The van der Waals surface area contributed by atoms with Crippen molar-refractivity contribution in [3.8, 4) is 0 Å². The van der Waals surface area contributed by atoms with Crippen LogP contribution in [0.1, 0.15) is 27.7 Å². The van der Waals surface area contributed by atoms with Crippen molar-refractivity contribution >= 4 is 5.71 Å². The molecule has 0 aromatic carbocycles. The molecule has 0 spiro atoms. The SMILES string of the molecule is C=C/C(=N\NCC)C(C)(C)C. The third-order valence-electron chi connectivity index (χ3n) is 1.32. The van der Waals surface area contributed by atoms with E-state index in [9.17, 15) is 0 Å². The van der Waals surface area contributed by atoms with E-state index in [4.69, 9.17) is 0 Å². The first kappa shape index (κ1) is 10.2. The van der Waals surface area contributed by atoms with Gasteiger partial charge in [-0.2, -0.15) is 5.10 Å². The number of allylic oxidation sites excluding steroid dienone is 1. The second-order valence-electron chi connectivity index (χ2n) is 3.46. The van der Waals surface area contributed by atoms with E-state index in [1.165, 1.54) is 0 Å². The maximum atomic E-state index is 4.18. The van der Waals surface area contributed by atoms with Gasteiger partial charge in [0, 0.05) is 12.0 Å². The first-order chi connectivity index (χ1) is 5.02. The maximum absolute atomic E-state index is 4.18. The van der Waals surface area contributed by atoms with Crippen LogP contribution >= 0.6 is 0 Å².